The van der Waals surface area contributed by atoms with Crippen LogP contribution in [0.2, 0.25) is 0 Å². The lowest BCUT2D eigenvalue weighted by Crippen LogP contribution is -2.30. The molecule has 1 amide bonds. The number of carbonyl (C=O) groups is 1. The van der Waals surface area contributed by atoms with Crippen LogP contribution in [0.25, 0.3) is 0 Å². The molecule has 2 fully saturated rings. The van der Waals surface area contributed by atoms with Crippen LogP contribution in [0.5, 0.6) is 0 Å². The molecule has 0 aromatic heterocycles. The number of halogens is 4. The molecule has 2 aromatic rings. The zero-order valence-electron chi connectivity index (χ0n) is 17.6. The lowest BCUT2D eigenvalue weighted by Gasteiger charge is -2.31. The Labute approximate surface area is 189 Å². The second-order valence-electron chi connectivity index (χ2n) is 8.27. The summed E-state index contributed by atoms with van der Waals surface area (Å²) in [6, 6.07) is 5.73. The quantitative estimate of drug-likeness (QED) is 0.590. The van der Waals surface area contributed by atoms with E-state index in [1.165, 1.54) is 6.07 Å². The van der Waals surface area contributed by atoms with Crippen LogP contribution in [0.1, 0.15) is 48.0 Å². The van der Waals surface area contributed by atoms with E-state index in [0.717, 1.165) is 49.6 Å². The highest BCUT2D eigenvalue weighted by Crippen LogP contribution is 2.36. The average Bonchev–Trinajstić information content (AvgIpc) is 3.57. The standard InChI is InChI=1S/C22H23F4N3O3S/c23-17-8-4-14(12-20(17)33(31,32)28-16-6-7-16)21(30)27-18-13-15(22(24,25)26)5-9-19(18)29-10-2-1-3-11-29/h4-5,8-9,12-13,16,28H,1-3,6-7,10-11H2,(H,27,30). The molecule has 2 aliphatic rings. The summed E-state index contributed by atoms with van der Waals surface area (Å²) in [7, 11) is -4.17. The topological polar surface area (TPSA) is 78.5 Å². The number of piperidine rings is 1. The maximum atomic E-state index is 14.2. The normalized spacial score (nSPS) is 17.2. The van der Waals surface area contributed by atoms with Crippen LogP contribution in [0.3, 0.4) is 0 Å². The van der Waals surface area contributed by atoms with Crippen molar-refractivity contribution in [1.29, 1.82) is 0 Å². The van der Waals surface area contributed by atoms with Crippen LogP contribution in [0.15, 0.2) is 41.3 Å². The van der Waals surface area contributed by atoms with Crippen molar-refractivity contribution in [3.8, 4) is 0 Å². The number of nitrogens with zero attached hydrogens (tertiary/aromatic N) is 1. The summed E-state index contributed by atoms with van der Waals surface area (Å²) in [5.74, 6) is -1.86. The zero-order chi connectivity index (χ0) is 23.8. The molecule has 33 heavy (non-hydrogen) atoms. The molecule has 1 aliphatic carbocycles. The minimum absolute atomic E-state index is 0.0402. The van der Waals surface area contributed by atoms with Gasteiger partial charge in [0.2, 0.25) is 10.0 Å². The van der Waals surface area contributed by atoms with E-state index in [2.05, 4.69) is 10.0 Å². The number of anilines is 2. The van der Waals surface area contributed by atoms with Crippen molar-refractivity contribution >= 4 is 27.3 Å². The van der Waals surface area contributed by atoms with Crippen molar-refractivity contribution in [2.45, 2.75) is 49.2 Å². The third kappa shape index (κ3) is 5.47. The smallest absolute Gasteiger partial charge is 0.370 e. The van der Waals surface area contributed by atoms with Gasteiger partial charge in [-0.3, -0.25) is 4.79 Å². The second-order valence-corrected chi connectivity index (χ2v) is 9.95. The number of carbonyl (C=O) groups excluding carboxylic acids is 1. The molecular formula is C22H23F4N3O3S. The van der Waals surface area contributed by atoms with Gasteiger partial charge in [0, 0.05) is 24.7 Å². The molecule has 2 N–H and O–H groups in total. The summed E-state index contributed by atoms with van der Waals surface area (Å²) >= 11 is 0. The molecule has 4 rings (SSSR count). The monoisotopic (exact) mass is 485 g/mol. The Kier molecular flexibility index (Phi) is 6.37. The van der Waals surface area contributed by atoms with Crippen molar-refractivity contribution in [1.82, 2.24) is 4.72 Å². The van der Waals surface area contributed by atoms with Crippen LogP contribution in [-0.4, -0.2) is 33.5 Å². The van der Waals surface area contributed by atoms with Gasteiger partial charge in [-0.15, -0.1) is 0 Å². The van der Waals surface area contributed by atoms with Crippen molar-refractivity contribution in [3.63, 3.8) is 0 Å². The zero-order valence-corrected chi connectivity index (χ0v) is 18.4. The average molecular weight is 486 g/mol. The third-order valence-corrected chi connectivity index (χ3v) is 7.19. The number of nitrogens with one attached hydrogen (secondary N) is 2. The largest absolute Gasteiger partial charge is 0.416 e. The molecule has 2 aromatic carbocycles. The van der Waals surface area contributed by atoms with Crippen molar-refractivity contribution in [2.24, 2.45) is 0 Å². The highest BCUT2D eigenvalue weighted by atomic mass is 32.2. The molecule has 0 bridgehead atoms. The predicted octanol–water partition coefficient (Wildman–Crippen LogP) is 4.53. The summed E-state index contributed by atoms with van der Waals surface area (Å²) in [5.41, 5.74) is -0.702. The molecule has 1 saturated heterocycles. The highest BCUT2D eigenvalue weighted by Gasteiger charge is 2.33. The number of hydrogen-bond donors (Lipinski definition) is 2. The van der Waals surface area contributed by atoms with E-state index in [1.54, 1.807) is 0 Å². The Morgan fingerprint density at radius 2 is 1.70 bits per heavy atom. The molecule has 0 radical (unpaired) electrons. The van der Waals surface area contributed by atoms with Crippen LogP contribution in [0, 0.1) is 5.82 Å². The van der Waals surface area contributed by atoms with E-state index in [9.17, 15) is 30.8 Å². The Morgan fingerprint density at radius 3 is 2.33 bits per heavy atom. The Morgan fingerprint density at radius 1 is 1.00 bits per heavy atom. The molecular weight excluding hydrogens is 462 g/mol. The fourth-order valence-corrected chi connectivity index (χ4v) is 5.16. The van der Waals surface area contributed by atoms with Gasteiger partial charge in [0.25, 0.3) is 5.91 Å². The number of sulfonamides is 1. The first-order valence-corrected chi connectivity index (χ1v) is 12.1. The predicted molar refractivity (Wildman–Crippen MR) is 115 cm³/mol. The van der Waals surface area contributed by atoms with Gasteiger partial charge < -0.3 is 10.2 Å². The first-order valence-electron chi connectivity index (χ1n) is 10.6. The van der Waals surface area contributed by atoms with E-state index < -0.39 is 38.4 Å². The maximum absolute atomic E-state index is 14.2. The lowest BCUT2D eigenvalue weighted by atomic mass is 10.1. The van der Waals surface area contributed by atoms with Gasteiger partial charge in [-0.25, -0.2) is 17.5 Å². The molecule has 178 valence electrons. The minimum atomic E-state index is -4.61. The van der Waals surface area contributed by atoms with Gasteiger partial charge in [0.05, 0.1) is 16.9 Å². The van der Waals surface area contributed by atoms with Crippen molar-refractivity contribution in [3.05, 3.63) is 53.3 Å². The first-order chi connectivity index (χ1) is 15.5. The van der Waals surface area contributed by atoms with Crippen molar-refractivity contribution < 1.29 is 30.8 Å². The fourth-order valence-electron chi connectivity index (χ4n) is 3.75. The van der Waals surface area contributed by atoms with E-state index in [-0.39, 0.29) is 17.3 Å². The van der Waals surface area contributed by atoms with Gasteiger partial charge in [-0.2, -0.15) is 13.2 Å². The van der Waals surface area contributed by atoms with Crippen LogP contribution in [-0.2, 0) is 16.2 Å². The Hall–Kier alpha value is -2.66. The fraction of sp³-hybridized carbons (Fsp3) is 0.409. The molecule has 0 unspecified atom stereocenters. The number of amides is 1. The number of benzene rings is 2. The molecule has 1 aliphatic heterocycles. The highest BCUT2D eigenvalue weighted by molar-refractivity contribution is 7.89. The van der Waals surface area contributed by atoms with Crippen molar-refractivity contribution in [2.75, 3.05) is 23.3 Å². The van der Waals surface area contributed by atoms with Crippen LogP contribution in [0.4, 0.5) is 28.9 Å². The van der Waals surface area contributed by atoms with Gasteiger partial charge in [0.1, 0.15) is 10.7 Å². The molecule has 11 heteroatoms. The van der Waals surface area contributed by atoms with Gasteiger partial charge in [0.15, 0.2) is 0 Å². The second kappa shape index (κ2) is 8.94. The number of rotatable bonds is 6. The Balaban J connectivity index is 1.65. The van der Waals surface area contributed by atoms with E-state index >= 15 is 0 Å². The number of alkyl halides is 3. The minimum Gasteiger partial charge on any atom is -0.370 e. The third-order valence-electron chi connectivity index (χ3n) is 5.65. The first kappa shape index (κ1) is 23.5. The van der Waals surface area contributed by atoms with E-state index in [0.29, 0.717) is 31.6 Å². The maximum Gasteiger partial charge on any atom is 0.416 e. The summed E-state index contributed by atoms with van der Waals surface area (Å²) in [6.07, 6.45) is -0.541. The van der Waals surface area contributed by atoms with Crippen LogP contribution < -0.4 is 14.9 Å². The summed E-state index contributed by atoms with van der Waals surface area (Å²) in [5, 5.41) is 2.47. The SMILES string of the molecule is O=C(Nc1cc(C(F)(F)F)ccc1N1CCCCC1)c1ccc(F)c(S(=O)(=O)NC2CC2)c1. The van der Waals surface area contributed by atoms with Gasteiger partial charge in [-0.05, 0) is 68.5 Å². The van der Waals surface area contributed by atoms with E-state index in [4.69, 9.17) is 0 Å². The molecule has 0 spiro atoms. The summed E-state index contributed by atoms with van der Waals surface area (Å²) < 4.78 is 81.4. The van der Waals surface area contributed by atoms with Gasteiger partial charge in [-0.1, -0.05) is 0 Å². The van der Waals surface area contributed by atoms with E-state index in [1.807, 2.05) is 4.90 Å². The molecule has 6 nitrogen and oxygen atoms in total. The lowest BCUT2D eigenvalue weighted by molar-refractivity contribution is -0.137. The molecule has 1 saturated carbocycles. The van der Waals surface area contributed by atoms with Gasteiger partial charge >= 0.3 is 6.18 Å². The van der Waals surface area contributed by atoms with Crippen LogP contribution >= 0.6 is 0 Å². The summed E-state index contributed by atoms with van der Waals surface area (Å²) in [6.45, 7) is 1.28. The molecule has 0 atom stereocenters. The summed E-state index contributed by atoms with van der Waals surface area (Å²) in [4.78, 5) is 14.1. The number of hydrogen-bond acceptors (Lipinski definition) is 4. The molecule has 1 heterocycles. The Bertz CT molecular complexity index is 1160.